The Labute approximate surface area is 137 Å². The predicted molar refractivity (Wildman–Crippen MR) is 86.6 cm³/mol. The highest BCUT2D eigenvalue weighted by Crippen LogP contribution is 2.38. The van der Waals surface area contributed by atoms with Gasteiger partial charge < -0.3 is 14.8 Å². The van der Waals surface area contributed by atoms with Gasteiger partial charge in [0.05, 0.1) is 23.0 Å². The van der Waals surface area contributed by atoms with E-state index in [1.807, 2.05) is 20.8 Å². The van der Waals surface area contributed by atoms with Gasteiger partial charge in [-0.15, -0.1) is 0 Å². The van der Waals surface area contributed by atoms with Gasteiger partial charge in [-0.3, -0.25) is 9.89 Å². The molecule has 0 aliphatic carbocycles. The average molecular weight is 321 g/mol. The summed E-state index contributed by atoms with van der Waals surface area (Å²) in [6, 6.07) is 0. The summed E-state index contributed by atoms with van der Waals surface area (Å²) in [4.78, 5) is 12.5. The maximum Gasteiger partial charge on any atom is 0.255 e. The van der Waals surface area contributed by atoms with E-state index in [0.29, 0.717) is 12.1 Å². The van der Waals surface area contributed by atoms with Crippen molar-refractivity contribution in [3.05, 3.63) is 17.0 Å². The molecule has 2 fully saturated rings. The molecule has 2 N–H and O–H groups in total. The number of nitrogens with one attached hydrogen (secondary N) is 2. The number of rotatable bonds is 4. The largest absolute Gasteiger partial charge is 0.381 e. The number of ether oxygens (including phenoxy) is 2. The zero-order valence-corrected chi connectivity index (χ0v) is 14.3. The lowest BCUT2D eigenvalue weighted by atomic mass is 9.91. The van der Waals surface area contributed by atoms with E-state index >= 15 is 0 Å². The van der Waals surface area contributed by atoms with Crippen LogP contribution in [-0.4, -0.2) is 47.6 Å². The number of H-pyrrole nitrogens is 1. The number of carbonyl (C=O) groups is 1. The Hall–Kier alpha value is -1.40. The maximum atomic E-state index is 12.5. The van der Waals surface area contributed by atoms with Crippen LogP contribution >= 0.6 is 0 Å². The molecule has 6 nitrogen and oxygen atoms in total. The lowest BCUT2D eigenvalue weighted by Crippen LogP contribution is -2.39. The lowest BCUT2D eigenvalue weighted by Gasteiger charge is -2.33. The molecular formula is C17H27N3O3. The van der Waals surface area contributed by atoms with Crippen molar-refractivity contribution in [2.24, 2.45) is 0 Å². The van der Waals surface area contributed by atoms with E-state index in [1.54, 1.807) is 0 Å². The minimum Gasteiger partial charge on any atom is -0.381 e. The number of aryl methyl sites for hydroxylation is 1. The third kappa shape index (κ3) is 3.43. The summed E-state index contributed by atoms with van der Waals surface area (Å²) in [7, 11) is 0. The fourth-order valence-corrected chi connectivity index (χ4v) is 3.60. The van der Waals surface area contributed by atoms with Gasteiger partial charge in [-0.1, -0.05) is 13.8 Å². The number of hydrogen-bond donors (Lipinski definition) is 2. The molecule has 1 spiro atoms. The van der Waals surface area contributed by atoms with Crippen molar-refractivity contribution in [2.75, 3.05) is 19.8 Å². The normalized spacial score (nSPS) is 23.6. The van der Waals surface area contributed by atoms with Gasteiger partial charge in [0.2, 0.25) is 0 Å². The fraction of sp³-hybridized carbons (Fsp3) is 0.765. The van der Waals surface area contributed by atoms with Gasteiger partial charge in [0.1, 0.15) is 0 Å². The van der Waals surface area contributed by atoms with E-state index in [4.69, 9.17) is 9.47 Å². The van der Waals surface area contributed by atoms with Crippen molar-refractivity contribution < 1.29 is 14.3 Å². The topological polar surface area (TPSA) is 76.2 Å². The first kappa shape index (κ1) is 16.5. The Bertz CT molecular complexity index is 561. The molecule has 2 aliphatic rings. The van der Waals surface area contributed by atoms with E-state index in [-0.39, 0.29) is 23.5 Å². The Morgan fingerprint density at radius 2 is 2.13 bits per heavy atom. The highest BCUT2D eigenvalue weighted by Gasteiger charge is 2.41. The van der Waals surface area contributed by atoms with Gasteiger partial charge in [0.15, 0.2) is 0 Å². The number of carbonyl (C=O) groups excluding carboxylic acids is 1. The first-order chi connectivity index (χ1) is 11.0. The van der Waals surface area contributed by atoms with Gasteiger partial charge >= 0.3 is 0 Å². The molecule has 3 heterocycles. The van der Waals surface area contributed by atoms with Gasteiger partial charge in [0, 0.05) is 25.5 Å². The van der Waals surface area contributed by atoms with E-state index in [2.05, 4.69) is 15.5 Å². The number of aromatic amines is 1. The molecule has 1 aromatic heterocycles. The first-order valence-corrected chi connectivity index (χ1v) is 8.59. The van der Waals surface area contributed by atoms with Crippen molar-refractivity contribution >= 4 is 5.91 Å². The molecule has 0 bridgehead atoms. The second kappa shape index (κ2) is 6.61. The Kier molecular flexibility index (Phi) is 4.73. The highest BCUT2D eigenvalue weighted by atomic mass is 16.5. The van der Waals surface area contributed by atoms with Gasteiger partial charge in [-0.05, 0) is 38.5 Å². The number of hydrogen-bond acceptors (Lipinski definition) is 4. The Balaban J connectivity index is 1.57. The second-order valence-corrected chi connectivity index (χ2v) is 7.05. The van der Waals surface area contributed by atoms with Crippen molar-refractivity contribution in [1.82, 2.24) is 15.5 Å². The molecule has 23 heavy (non-hydrogen) atoms. The van der Waals surface area contributed by atoms with Crippen LogP contribution in [0.2, 0.25) is 0 Å². The summed E-state index contributed by atoms with van der Waals surface area (Å²) in [5.74, 6) is 0.158. The van der Waals surface area contributed by atoms with Crippen molar-refractivity contribution in [1.29, 1.82) is 0 Å². The molecule has 1 amide bonds. The van der Waals surface area contributed by atoms with Crippen LogP contribution in [0, 0.1) is 6.92 Å². The highest BCUT2D eigenvalue weighted by molar-refractivity contribution is 5.96. The molecular weight excluding hydrogens is 294 g/mol. The Morgan fingerprint density at radius 3 is 2.83 bits per heavy atom. The zero-order valence-electron chi connectivity index (χ0n) is 14.3. The minimum absolute atomic E-state index is 0.0116. The van der Waals surface area contributed by atoms with Crippen LogP contribution in [0.3, 0.4) is 0 Å². The average Bonchev–Trinajstić information content (AvgIpc) is 3.10. The van der Waals surface area contributed by atoms with Gasteiger partial charge in [0.25, 0.3) is 5.91 Å². The van der Waals surface area contributed by atoms with Crippen LogP contribution in [0.15, 0.2) is 0 Å². The zero-order chi connectivity index (χ0) is 16.4. The number of nitrogens with zero attached hydrogens (tertiary/aromatic N) is 1. The van der Waals surface area contributed by atoms with Crippen molar-refractivity contribution in [3.63, 3.8) is 0 Å². The predicted octanol–water partition coefficient (Wildman–Crippen LogP) is 2.30. The molecule has 128 valence electrons. The molecule has 1 unspecified atom stereocenters. The molecule has 1 aromatic rings. The Morgan fingerprint density at radius 1 is 1.39 bits per heavy atom. The minimum atomic E-state index is -0.0588. The maximum absolute atomic E-state index is 12.5. The third-order valence-electron chi connectivity index (χ3n) is 4.98. The summed E-state index contributed by atoms with van der Waals surface area (Å²) < 4.78 is 11.7. The molecule has 3 rings (SSSR count). The van der Waals surface area contributed by atoms with E-state index in [1.165, 1.54) is 0 Å². The summed E-state index contributed by atoms with van der Waals surface area (Å²) in [5.41, 5.74) is 2.31. The molecule has 0 aromatic carbocycles. The van der Waals surface area contributed by atoms with Crippen molar-refractivity contribution in [3.8, 4) is 0 Å². The molecule has 0 saturated carbocycles. The molecule has 0 radical (unpaired) electrons. The van der Waals surface area contributed by atoms with Crippen LogP contribution in [-0.2, 0) is 9.47 Å². The van der Waals surface area contributed by atoms with Crippen LogP contribution < -0.4 is 5.32 Å². The van der Waals surface area contributed by atoms with Crippen LogP contribution in [0.4, 0.5) is 0 Å². The quantitative estimate of drug-likeness (QED) is 0.892. The van der Waals surface area contributed by atoms with Crippen LogP contribution in [0.1, 0.15) is 67.2 Å². The molecule has 1 atom stereocenters. The number of amides is 1. The second-order valence-electron chi connectivity index (χ2n) is 7.05. The van der Waals surface area contributed by atoms with E-state index < -0.39 is 0 Å². The van der Waals surface area contributed by atoms with E-state index in [0.717, 1.165) is 50.3 Å². The SMILES string of the molecule is Cc1[nH]nc(C(C)C)c1C(=O)NCC1CCC2(CCOCC2)O1. The lowest BCUT2D eigenvalue weighted by molar-refractivity contribution is -0.102. The smallest absolute Gasteiger partial charge is 0.255 e. The fourth-order valence-electron chi connectivity index (χ4n) is 3.60. The molecule has 2 saturated heterocycles. The van der Waals surface area contributed by atoms with Gasteiger partial charge in [-0.25, -0.2) is 0 Å². The summed E-state index contributed by atoms with van der Waals surface area (Å²) in [6.07, 6.45) is 4.11. The van der Waals surface area contributed by atoms with Crippen LogP contribution in [0.25, 0.3) is 0 Å². The third-order valence-corrected chi connectivity index (χ3v) is 4.98. The monoisotopic (exact) mass is 321 g/mol. The van der Waals surface area contributed by atoms with E-state index in [9.17, 15) is 4.79 Å². The first-order valence-electron chi connectivity index (χ1n) is 8.59. The van der Waals surface area contributed by atoms with Gasteiger partial charge in [-0.2, -0.15) is 5.10 Å². The standard InChI is InChI=1S/C17H27N3O3/c1-11(2)15-14(12(3)19-20-15)16(21)18-10-13-4-5-17(23-13)6-8-22-9-7-17/h11,13H,4-10H2,1-3H3,(H,18,21)(H,19,20). The van der Waals surface area contributed by atoms with Crippen molar-refractivity contribution in [2.45, 2.75) is 64.1 Å². The molecule has 6 heteroatoms. The molecule has 2 aliphatic heterocycles. The van der Waals surface area contributed by atoms with Crippen LogP contribution in [0.5, 0.6) is 0 Å². The number of aromatic nitrogens is 2. The summed E-state index contributed by atoms with van der Waals surface area (Å²) in [5, 5.41) is 10.2. The summed E-state index contributed by atoms with van der Waals surface area (Å²) in [6.45, 7) is 8.10. The summed E-state index contributed by atoms with van der Waals surface area (Å²) >= 11 is 0.